The summed E-state index contributed by atoms with van der Waals surface area (Å²) >= 11 is 5.92. The number of benzene rings is 1. The Hall–Kier alpha value is -2.01. The van der Waals surface area contributed by atoms with Crippen LogP contribution in [0.25, 0.3) is 0 Å². The van der Waals surface area contributed by atoms with Gasteiger partial charge in [0.05, 0.1) is 15.2 Å². The molecule has 150 valence electrons. The van der Waals surface area contributed by atoms with E-state index in [0.29, 0.717) is 0 Å². The molecule has 0 aromatic heterocycles. The third kappa shape index (κ3) is 4.46. The van der Waals surface area contributed by atoms with E-state index < -0.39 is 39.4 Å². The lowest BCUT2D eigenvalue weighted by molar-refractivity contribution is -0.189. The van der Waals surface area contributed by atoms with Gasteiger partial charge in [0.15, 0.2) is 15.9 Å². The van der Waals surface area contributed by atoms with Crippen LogP contribution in [0.3, 0.4) is 0 Å². The van der Waals surface area contributed by atoms with Crippen molar-refractivity contribution in [1.82, 2.24) is 4.90 Å². The van der Waals surface area contributed by atoms with Crippen LogP contribution in [0.5, 0.6) is 5.75 Å². The van der Waals surface area contributed by atoms with Crippen LogP contribution in [0.4, 0.5) is 13.2 Å². The molecule has 12 heteroatoms. The summed E-state index contributed by atoms with van der Waals surface area (Å²) < 4.78 is 67.8. The van der Waals surface area contributed by atoms with Crippen LogP contribution in [-0.2, 0) is 19.4 Å². The highest BCUT2D eigenvalue weighted by Crippen LogP contribution is 2.34. The molecule has 1 heterocycles. The van der Waals surface area contributed by atoms with Gasteiger partial charge in [-0.3, -0.25) is 4.79 Å². The summed E-state index contributed by atoms with van der Waals surface area (Å²) in [5.41, 5.74) is 0. The van der Waals surface area contributed by atoms with Crippen LogP contribution >= 0.6 is 11.6 Å². The smallest absolute Gasteiger partial charge is 0.425 e. The molecule has 7 nitrogen and oxygen atoms in total. The van der Waals surface area contributed by atoms with E-state index in [2.05, 4.69) is 0 Å². The summed E-state index contributed by atoms with van der Waals surface area (Å²) in [5, 5.41) is 7.51. The van der Waals surface area contributed by atoms with Crippen LogP contribution in [0.15, 0.2) is 23.1 Å². The predicted molar refractivity (Wildman–Crippen MR) is 87.4 cm³/mol. The molecule has 0 bridgehead atoms. The fraction of sp³-hybridized carbons (Fsp3) is 0.467. The number of carboxylic acid groups (broad SMARTS) is 1. The minimum atomic E-state index is -4.61. The number of likely N-dealkylation sites (tertiary alicyclic amines) is 1. The Kier molecular flexibility index (Phi) is 5.95. The Bertz CT molecular complexity index is 844. The van der Waals surface area contributed by atoms with Crippen molar-refractivity contribution in [3.8, 4) is 5.75 Å². The summed E-state index contributed by atoms with van der Waals surface area (Å²) in [4.78, 5) is 22.6. The minimum absolute atomic E-state index is 0.255. The van der Waals surface area contributed by atoms with Crippen molar-refractivity contribution in [2.24, 2.45) is 0 Å². The normalized spacial score (nSPS) is 21.7. The molecule has 1 unspecified atom stereocenters. The Morgan fingerprint density at radius 2 is 2.07 bits per heavy atom. The van der Waals surface area contributed by atoms with E-state index in [9.17, 15) is 31.2 Å². The van der Waals surface area contributed by atoms with E-state index in [1.807, 2.05) is 0 Å². The third-order valence-electron chi connectivity index (χ3n) is 4.14. The molecule has 1 N–H and O–H groups in total. The summed E-state index contributed by atoms with van der Waals surface area (Å²) in [6, 6.07) is 1.69. The van der Waals surface area contributed by atoms with Crippen molar-refractivity contribution in [3.05, 3.63) is 23.2 Å². The molecule has 0 radical (unpaired) electrons. The maximum absolute atomic E-state index is 12.7. The van der Waals surface area contributed by atoms with E-state index in [1.165, 1.54) is 0 Å². The molecule has 0 aliphatic carbocycles. The second-order valence-corrected chi connectivity index (χ2v) is 8.56. The highest BCUT2D eigenvalue weighted by atomic mass is 35.5. The van der Waals surface area contributed by atoms with Crippen LogP contribution in [0.1, 0.15) is 13.3 Å². The first kappa shape index (κ1) is 21.3. The van der Waals surface area contributed by atoms with Gasteiger partial charge in [0.25, 0.3) is 0 Å². The number of rotatable bonds is 6. The van der Waals surface area contributed by atoms with Gasteiger partial charge in [-0.25, -0.2) is 13.2 Å². The molecule has 1 saturated heterocycles. The number of sulfone groups is 1. The molecule has 1 amide bonds. The Labute approximate surface area is 157 Å². The number of ether oxygens (including phenoxy) is 1. The molecular weight excluding hydrogens is 415 g/mol. The van der Waals surface area contributed by atoms with Gasteiger partial charge in [-0.2, -0.15) is 13.2 Å². The van der Waals surface area contributed by atoms with Crippen molar-refractivity contribution in [3.63, 3.8) is 0 Å². The average molecular weight is 430 g/mol. The zero-order chi connectivity index (χ0) is 20.6. The molecule has 27 heavy (non-hydrogen) atoms. The number of alkyl halides is 3. The zero-order valence-electron chi connectivity index (χ0n) is 13.8. The number of carboxylic acids is 1. The lowest BCUT2D eigenvalue weighted by Crippen LogP contribution is -2.34. The quantitative estimate of drug-likeness (QED) is 0.695. The van der Waals surface area contributed by atoms with Gasteiger partial charge in [-0.15, -0.1) is 0 Å². The van der Waals surface area contributed by atoms with Gasteiger partial charge in [0.2, 0.25) is 6.41 Å². The molecule has 1 aliphatic rings. The highest BCUT2D eigenvalue weighted by molar-refractivity contribution is 7.92. The highest BCUT2D eigenvalue weighted by Gasteiger charge is 2.43. The maximum atomic E-state index is 12.7. The van der Waals surface area contributed by atoms with Crippen LogP contribution in [0.2, 0.25) is 5.02 Å². The topological polar surface area (TPSA) is 101 Å². The first-order chi connectivity index (χ1) is 12.4. The lowest BCUT2D eigenvalue weighted by atomic mass is 10.2. The molecule has 2 rings (SSSR count). The fourth-order valence-corrected chi connectivity index (χ4v) is 4.89. The lowest BCUT2D eigenvalue weighted by Gasteiger charge is -2.18. The van der Waals surface area contributed by atoms with E-state index in [4.69, 9.17) is 21.4 Å². The SMILES string of the molecule is CC(Oc1ccc(S(=O)(=O)[C@@H]2C[C@@H](C(=O)O)N(C=O)C2)c(Cl)c1)C(F)(F)F. The molecular formula is C15H15ClF3NO6S. The molecule has 0 spiro atoms. The largest absolute Gasteiger partial charge is 0.481 e. The minimum Gasteiger partial charge on any atom is -0.481 e. The Morgan fingerprint density at radius 3 is 2.52 bits per heavy atom. The van der Waals surface area contributed by atoms with Gasteiger partial charge in [0.1, 0.15) is 11.8 Å². The number of carbonyl (C=O) groups excluding carboxylic acids is 1. The monoisotopic (exact) mass is 429 g/mol. The van der Waals surface area contributed by atoms with Gasteiger partial charge in [-0.1, -0.05) is 11.6 Å². The van der Waals surface area contributed by atoms with E-state index in [0.717, 1.165) is 30.0 Å². The second kappa shape index (κ2) is 7.55. The molecule has 1 aliphatic heterocycles. The van der Waals surface area contributed by atoms with Crippen molar-refractivity contribution in [2.45, 2.75) is 41.8 Å². The number of halogens is 4. The Morgan fingerprint density at radius 1 is 1.44 bits per heavy atom. The fourth-order valence-electron chi connectivity index (χ4n) is 2.64. The predicted octanol–water partition coefficient (Wildman–Crippen LogP) is 2.13. The molecule has 1 aromatic rings. The summed E-state index contributed by atoms with van der Waals surface area (Å²) in [7, 11) is -4.13. The van der Waals surface area contributed by atoms with Crippen molar-refractivity contribution >= 4 is 33.8 Å². The number of aliphatic carboxylic acids is 1. The van der Waals surface area contributed by atoms with E-state index in [1.54, 1.807) is 0 Å². The third-order valence-corrected chi connectivity index (χ3v) is 6.76. The van der Waals surface area contributed by atoms with Crippen LogP contribution in [0, 0.1) is 0 Å². The average Bonchev–Trinajstić information content (AvgIpc) is 2.99. The zero-order valence-corrected chi connectivity index (χ0v) is 15.4. The number of nitrogens with zero attached hydrogens (tertiary/aromatic N) is 1. The first-order valence-electron chi connectivity index (χ1n) is 7.58. The maximum Gasteiger partial charge on any atom is 0.425 e. The molecule has 1 aromatic carbocycles. The van der Waals surface area contributed by atoms with Gasteiger partial charge < -0.3 is 14.7 Å². The van der Waals surface area contributed by atoms with E-state index in [-0.39, 0.29) is 35.0 Å². The van der Waals surface area contributed by atoms with Gasteiger partial charge in [0, 0.05) is 12.6 Å². The number of hydrogen-bond donors (Lipinski definition) is 1. The second-order valence-electron chi connectivity index (χ2n) is 5.95. The number of carbonyl (C=O) groups is 2. The van der Waals surface area contributed by atoms with Crippen molar-refractivity contribution in [2.75, 3.05) is 6.54 Å². The van der Waals surface area contributed by atoms with E-state index >= 15 is 0 Å². The number of amides is 1. The van der Waals surface area contributed by atoms with Crippen molar-refractivity contribution in [1.29, 1.82) is 0 Å². The first-order valence-corrected chi connectivity index (χ1v) is 9.51. The Balaban J connectivity index is 2.27. The molecule has 1 fully saturated rings. The van der Waals surface area contributed by atoms with Crippen LogP contribution in [-0.4, -0.2) is 60.9 Å². The van der Waals surface area contributed by atoms with Gasteiger partial charge in [-0.05, 0) is 25.5 Å². The van der Waals surface area contributed by atoms with Crippen LogP contribution < -0.4 is 4.74 Å². The number of hydrogen-bond acceptors (Lipinski definition) is 5. The van der Waals surface area contributed by atoms with Gasteiger partial charge >= 0.3 is 12.1 Å². The summed E-state index contributed by atoms with van der Waals surface area (Å²) in [6.45, 7) is 0.458. The summed E-state index contributed by atoms with van der Waals surface area (Å²) in [5.74, 6) is -1.61. The standard InChI is InChI=1S/C15H15ClF3NO6S/c1-8(15(17,18)19)26-9-2-3-13(11(16)4-9)27(24,25)10-5-12(14(22)23)20(6-10)7-21/h2-4,7-8,10,12H,5-6H2,1H3,(H,22,23)/t8?,10-,12+/m1/s1. The molecule has 3 atom stereocenters. The molecule has 0 saturated carbocycles. The van der Waals surface area contributed by atoms with Crippen molar-refractivity contribution < 1.29 is 41.0 Å². The summed E-state index contributed by atoms with van der Waals surface area (Å²) in [6.07, 6.45) is -6.80.